The van der Waals surface area contributed by atoms with Gasteiger partial charge >= 0.3 is 0 Å². The Morgan fingerprint density at radius 2 is 2.16 bits per heavy atom. The van der Waals surface area contributed by atoms with Crippen LogP contribution in [0.25, 0.3) is 0 Å². The largest absolute Gasteiger partial charge is 0.375 e. The summed E-state index contributed by atoms with van der Waals surface area (Å²) in [5.41, 5.74) is 2.74. The Morgan fingerprint density at radius 3 is 3.00 bits per heavy atom. The Kier molecular flexibility index (Phi) is 4.16. The molecule has 3 nitrogen and oxygen atoms in total. The monoisotopic (exact) mass is 261 g/mol. The summed E-state index contributed by atoms with van der Waals surface area (Å²) in [5.74, 6) is 0.801. The molecule has 1 unspecified atom stereocenters. The molecular weight excluding hydrogens is 238 g/mol. The van der Waals surface area contributed by atoms with Crippen LogP contribution in [0.2, 0.25) is 0 Å². The van der Waals surface area contributed by atoms with Crippen molar-refractivity contribution in [2.75, 3.05) is 26.8 Å². The van der Waals surface area contributed by atoms with Crippen molar-refractivity contribution in [1.82, 2.24) is 5.32 Å². The van der Waals surface area contributed by atoms with E-state index in [4.69, 9.17) is 9.47 Å². The maximum atomic E-state index is 6.00. The molecule has 1 aliphatic carbocycles. The molecule has 1 atom stereocenters. The molecule has 1 heterocycles. The highest BCUT2D eigenvalue weighted by Crippen LogP contribution is 2.32. The quantitative estimate of drug-likeness (QED) is 0.882. The third kappa shape index (κ3) is 2.99. The Labute approximate surface area is 115 Å². The van der Waals surface area contributed by atoms with Gasteiger partial charge in [0.05, 0.1) is 19.3 Å². The highest BCUT2D eigenvalue weighted by molar-refractivity contribution is 5.30. The maximum Gasteiger partial charge on any atom is 0.106 e. The lowest BCUT2D eigenvalue weighted by atomic mass is 9.82. The van der Waals surface area contributed by atoms with E-state index in [0.717, 1.165) is 25.5 Å². The molecule has 0 bridgehead atoms. The van der Waals surface area contributed by atoms with Crippen LogP contribution in [-0.4, -0.2) is 32.9 Å². The van der Waals surface area contributed by atoms with Gasteiger partial charge in [-0.15, -0.1) is 0 Å². The average Bonchev–Trinajstić information content (AvgIpc) is 2.41. The molecule has 19 heavy (non-hydrogen) atoms. The zero-order chi connectivity index (χ0) is 13.1. The van der Waals surface area contributed by atoms with Gasteiger partial charge in [0.25, 0.3) is 0 Å². The first kappa shape index (κ1) is 13.1. The molecule has 104 valence electrons. The number of ether oxygens (including phenoxy) is 2. The van der Waals surface area contributed by atoms with Gasteiger partial charge in [-0.1, -0.05) is 24.3 Å². The fourth-order valence-corrected chi connectivity index (χ4v) is 3.10. The van der Waals surface area contributed by atoms with Crippen molar-refractivity contribution in [1.29, 1.82) is 0 Å². The van der Waals surface area contributed by atoms with Crippen molar-refractivity contribution >= 4 is 0 Å². The highest BCUT2D eigenvalue weighted by Gasteiger charge is 2.30. The molecule has 3 heteroatoms. The molecule has 1 aromatic rings. The van der Waals surface area contributed by atoms with Crippen molar-refractivity contribution in [2.24, 2.45) is 5.92 Å². The van der Waals surface area contributed by atoms with Gasteiger partial charge < -0.3 is 14.8 Å². The molecule has 1 aliphatic heterocycles. The first-order valence-electron chi connectivity index (χ1n) is 7.32. The van der Waals surface area contributed by atoms with E-state index in [0.29, 0.717) is 12.7 Å². The summed E-state index contributed by atoms with van der Waals surface area (Å²) in [6.45, 7) is 2.63. The Balaban J connectivity index is 1.49. The van der Waals surface area contributed by atoms with Crippen molar-refractivity contribution < 1.29 is 9.47 Å². The summed E-state index contributed by atoms with van der Waals surface area (Å²) in [6.07, 6.45) is 3.98. The lowest BCUT2D eigenvalue weighted by Crippen LogP contribution is -2.38. The van der Waals surface area contributed by atoms with Gasteiger partial charge in [0.2, 0.25) is 0 Å². The summed E-state index contributed by atoms with van der Waals surface area (Å²) in [6, 6.07) is 8.58. The molecule has 0 amide bonds. The molecule has 2 aliphatic rings. The summed E-state index contributed by atoms with van der Waals surface area (Å²) < 4.78 is 11.9. The molecule has 1 fully saturated rings. The minimum absolute atomic E-state index is 0.133. The van der Waals surface area contributed by atoms with Crippen LogP contribution in [0.5, 0.6) is 0 Å². The van der Waals surface area contributed by atoms with Gasteiger partial charge in [0.1, 0.15) is 6.10 Å². The van der Waals surface area contributed by atoms with Crippen molar-refractivity contribution in [3.8, 4) is 0 Å². The lowest BCUT2D eigenvalue weighted by molar-refractivity contribution is -0.0867. The average molecular weight is 261 g/mol. The third-order valence-electron chi connectivity index (χ3n) is 4.26. The molecular formula is C16H23NO2. The fraction of sp³-hybridized carbons (Fsp3) is 0.625. The maximum absolute atomic E-state index is 6.00. The fourth-order valence-electron chi connectivity index (χ4n) is 3.10. The zero-order valence-electron chi connectivity index (χ0n) is 11.6. The van der Waals surface area contributed by atoms with Gasteiger partial charge in [-0.3, -0.25) is 0 Å². The predicted octanol–water partition coefficient (Wildman–Crippen LogP) is 2.32. The second kappa shape index (κ2) is 6.04. The minimum atomic E-state index is 0.133. The van der Waals surface area contributed by atoms with Crippen LogP contribution in [0.3, 0.4) is 0 Å². The van der Waals surface area contributed by atoms with E-state index in [1.54, 1.807) is 0 Å². The van der Waals surface area contributed by atoms with E-state index in [9.17, 15) is 0 Å². The standard InChI is InChI=1S/C16H23NO2/c1-17-10-12-8-14(9-12)19-11-16-15-5-3-2-4-13(15)6-7-18-16/h2-5,12,14,16-17H,6-11H2,1H3. The van der Waals surface area contributed by atoms with E-state index < -0.39 is 0 Å². The van der Waals surface area contributed by atoms with Crippen LogP contribution in [0.15, 0.2) is 24.3 Å². The molecule has 1 aromatic carbocycles. The SMILES string of the molecule is CNCC1CC(OCC2OCCc3ccccc32)C1. The second-order valence-electron chi connectivity index (χ2n) is 5.66. The van der Waals surface area contributed by atoms with Gasteiger partial charge in [0.15, 0.2) is 0 Å². The molecule has 0 spiro atoms. The summed E-state index contributed by atoms with van der Waals surface area (Å²) in [7, 11) is 2.01. The number of rotatable bonds is 5. The molecule has 1 saturated carbocycles. The smallest absolute Gasteiger partial charge is 0.106 e. The van der Waals surface area contributed by atoms with Crippen LogP contribution >= 0.6 is 0 Å². The normalized spacial score (nSPS) is 29.6. The van der Waals surface area contributed by atoms with Crippen LogP contribution in [0, 0.1) is 5.92 Å². The molecule has 1 N–H and O–H groups in total. The first-order chi connectivity index (χ1) is 9.36. The van der Waals surface area contributed by atoms with Crippen molar-refractivity contribution in [3.63, 3.8) is 0 Å². The van der Waals surface area contributed by atoms with Crippen LogP contribution in [-0.2, 0) is 15.9 Å². The number of fused-ring (bicyclic) bond motifs is 1. The van der Waals surface area contributed by atoms with Crippen molar-refractivity contribution in [3.05, 3.63) is 35.4 Å². The highest BCUT2D eigenvalue weighted by atomic mass is 16.5. The Bertz CT molecular complexity index is 415. The number of nitrogens with one attached hydrogen (secondary N) is 1. The number of benzene rings is 1. The molecule has 0 saturated heterocycles. The molecule has 0 aromatic heterocycles. The first-order valence-corrected chi connectivity index (χ1v) is 7.32. The van der Waals surface area contributed by atoms with E-state index in [1.165, 1.54) is 24.0 Å². The van der Waals surface area contributed by atoms with E-state index in [-0.39, 0.29) is 6.10 Å². The molecule has 3 rings (SSSR count). The van der Waals surface area contributed by atoms with E-state index in [2.05, 4.69) is 29.6 Å². The van der Waals surface area contributed by atoms with Crippen LogP contribution in [0.1, 0.15) is 30.1 Å². The van der Waals surface area contributed by atoms with Gasteiger partial charge in [-0.05, 0) is 49.9 Å². The van der Waals surface area contributed by atoms with E-state index in [1.807, 2.05) is 7.05 Å². The van der Waals surface area contributed by atoms with Gasteiger partial charge in [-0.2, -0.15) is 0 Å². The number of hydrogen-bond donors (Lipinski definition) is 1. The van der Waals surface area contributed by atoms with Crippen molar-refractivity contribution in [2.45, 2.75) is 31.5 Å². The Hall–Kier alpha value is -0.900. The van der Waals surface area contributed by atoms with Gasteiger partial charge in [-0.25, -0.2) is 0 Å². The van der Waals surface area contributed by atoms with Crippen LogP contribution in [0.4, 0.5) is 0 Å². The Morgan fingerprint density at radius 1 is 1.32 bits per heavy atom. The lowest BCUT2D eigenvalue weighted by Gasteiger charge is -2.36. The second-order valence-corrected chi connectivity index (χ2v) is 5.66. The number of hydrogen-bond acceptors (Lipinski definition) is 3. The zero-order valence-corrected chi connectivity index (χ0v) is 11.6. The summed E-state index contributed by atoms with van der Waals surface area (Å²) >= 11 is 0. The predicted molar refractivity (Wildman–Crippen MR) is 75.2 cm³/mol. The summed E-state index contributed by atoms with van der Waals surface area (Å²) in [4.78, 5) is 0. The van der Waals surface area contributed by atoms with Gasteiger partial charge in [0, 0.05) is 0 Å². The van der Waals surface area contributed by atoms with Crippen LogP contribution < -0.4 is 5.32 Å². The third-order valence-corrected chi connectivity index (χ3v) is 4.26. The summed E-state index contributed by atoms with van der Waals surface area (Å²) in [5, 5.41) is 3.23. The topological polar surface area (TPSA) is 30.5 Å². The molecule has 0 radical (unpaired) electrons. The van der Waals surface area contributed by atoms with E-state index >= 15 is 0 Å². The minimum Gasteiger partial charge on any atom is -0.375 e.